The van der Waals surface area contributed by atoms with Crippen LogP contribution in [0, 0.1) is 29.1 Å². The standard InChI is InChI=1S/C19H13F5N2O2/c1-3-28-11-6-4-10(5-7-11)8-12-9(2)25-26(19(12)27)18-16(23)14(21)13(20)15(22)17(18)24/h4-8H,3H2,1-2H3/b12-8+. The van der Waals surface area contributed by atoms with E-state index in [1.165, 1.54) is 13.0 Å². The summed E-state index contributed by atoms with van der Waals surface area (Å²) < 4.78 is 73.4. The Bertz CT molecular complexity index is 987. The first kappa shape index (κ1) is 19.5. The molecule has 146 valence electrons. The molecule has 0 unspecified atom stereocenters. The van der Waals surface area contributed by atoms with E-state index in [0.29, 0.717) is 17.9 Å². The van der Waals surface area contributed by atoms with Gasteiger partial charge in [-0.1, -0.05) is 12.1 Å². The number of amides is 1. The van der Waals surface area contributed by atoms with Crippen molar-refractivity contribution in [2.75, 3.05) is 11.6 Å². The van der Waals surface area contributed by atoms with Gasteiger partial charge in [0, 0.05) is 0 Å². The van der Waals surface area contributed by atoms with Crippen molar-refractivity contribution in [1.29, 1.82) is 0 Å². The van der Waals surface area contributed by atoms with Gasteiger partial charge in [-0.25, -0.2) is 22.0 Å². The summed E-state index contributed by atoms with van der Waals surface area (Å²) in [6.45, 7) is 3.67. The van der Waals surface area contributed by atoms with Crippen LogP contribution in [0.2, 0.25) is 0 Å². The average molecular weight is 396 g/mol. The third kappa shape index (κ3) is 3.23. The number of carbonyl (C=O) groups excluding carboxylic acids is 1. The summed E-state index contributed by atoms with van der Waals surface area (Å²) in [5, 5.41) is 3.84. The average Bonchev–Trinajstić information content (AvgIpc) is 2.95. The van der Waals surface area contributed by atoms with Crippen LogP contribution in [0.3, 0.4) is 0 Å². The largest absolute Gasteiger partial charge is 0.494 e. The number of nitrogens with zero attached hydrogens (tertiary/aromatic N) is 2. The topological polar surface area (TPSA) is 41.9 Å². The zero-order chi connectivity index (χ0) is 20.6. The minimum absolute atomic E-state index is 0.0481. The molecule has 0 bridgehead atoms. The minimum Gasteiger partial charge on any atom is -0.494 e. The van der Waals surface area contributed by atoms with Crippen LogP contribution < -0.4 is 9.75 Å². The molecule has 4 nitrogen and oxygen atoms in total. The SMILES string of the molecule is CCOc1ccc(/C=C2/C(=O)N(c3c(F)c(F)c(F)c(F)c3F)N=C2C)cc1. The van der Waals surface area contributed by atoms with Gasteiger partial charge in [0.05, 0.1) is 17.9 Å². The number of hydrogen-bond donors (Lipinski definition) is 0. The molecular formula is C19H13F5N2O2. The molecule has 1 aliphatic rings. The van der Waals surface area contributed by atoms with E-state index in [9.17, 15) is 26.7 Å². The summed E-state index contributed by atoms with van der Waals surface area (Å²) in [7, 11) is 0. The summed E-state index contributed by atoms with van der Waals surface area (Å²) >= 11 is 0. The highest BCUT2D eigenvalue weighted by molar-refractivity contribution is 6.32. The van der Waals surface area contributed by atoms with Crippen LogP contribution >= 0.6 is 0 Å². The molecule has 0 aromatic heterocycles. The predicted octanol–water partition coefficient (Wildman–Crippen LogP) is 4.59. The van der Waals surface area contributed by atoms with Crippen molar-refractivity contribution in [1.82, 2.24) is 0 Å². The Labute approximate surface area is 156 Å². The normalized spacial score (nSPS) is 15.4. The molecule has 0 atom stereocenters. The molecule has 2 aromatic carbocycles. The van der Waals surface area contributed by atoms with Crippen LogP contribution in [-0.4, -0.2) is 18.2 Å². The van der Waals surface area contributed by atoms with E-state index in [4.69, 9.17) is 4.74 Å². The lowest BCUT2D eigenvalue weighted by Crippen LogP contribution is -2.25. The van der Waals surface area contributed by atoms with Gasteiger partial charge in [-0.2, -0.15) is 10.1 Å². The molecule has 3 rings (SSSR count). The number of hydrogen-bond acceptors (Lipinski definition) is 3. The maximum Gasteiger partial charge on any atom is 0.280 e. The van der Waals surface area contributed by atoms with Crippen molar-refractivity contribution in [2.24, 2.45) is 5.10 Å². The molecule has 0 N–H and O–H groups in total. The summed E-state index contributed by atoms with van der Waals surface area (Å²) in [5.74, 6) is -11.3. The predicted molar refractivity (Wildman–Crippen MR) is 92.4 cm³/mol. The molecular weight excluding hydrogens is 383 g/mol. The Balaban J connectivity index is 2.00. The quantitative estimate of drug-likeness (QED) is 0.328. The molecule has 0 spiro atoms. The van der Waals surface area contributed by atoms with Crippen molar-refractivity contribution in [2.45, 2.75) is 13.8 Å². The summed E-state index contributed by atoms with van der Waals surface area (Å²) in [5.41, 5.74) is -0.854. The first-order valence-electron chi connectivity index (χ1n) is 8.12. The molecule has 0 fully saturated rings. The lowest BCUT2D eigenvalue weighted by atomic mass is 10.1. The van der Waals surface area contributed by atoms with Crippen LogP contribution in [0.25, 0.3) is 6.08 Å². The number of carbonyl (C=O) groups is 1. The van der Waals surface area contributed by atoms with Gasteiger partial charge in [0.25, 0.3) is 5.91 Å². The maximum atomic E-state index is 14.0. The number of ether oxygens (including phenoxy) is 1. The van der Waals surface area contributed by atoms with Gasteiger partial charge in [-0.15, -0.1) is 0 Å². The van der Waals surface area contributed by atoms with E-state index in [1.54, 1.807) is 24.3 Å². The number of anilines is 1. The van der Waals surface area contributed by atoms with E-state index >= 15 is 0 Å². The Kier molecular flexibility index (Phi) is 5.17. The molecule has 0 saturated heterocycles. The lowest BCUT2D eigenvalue weighted by molar-refractivity contribution is -0.114. The smallest absolute Gasteiger partial charge is 0.280 e. The minimum atomic E-state index is -2.31. The van der Waals surface area contributed by atoms with Crippen LogP contribution in [0.1, 0.15) is 19.4 Å². The second kappa shape index (κ2) is 7.41. The lowest BCUT2D eigenvalue weighted by Gasteiger charge is -2.15. The number of benzene rings is 2. The third-order valence-electron chi connectivity index (χ3n) is 3.96. The molecule has 0 aliphatic carbocycles. The fourth-order valence-corrected chi connectivity index (χ4v) is 2.61. The number of halogens is 5. The van der Waals surface area contributed by atoms with Gasteiger partial charge in [0.15, 0.2) is 23.3 Å². The summed E-state index contributed by atoms with van der Waals surface area (Å²) in [4.78, 5) is 12.5. The number of hydrazone groups is 1. The molecule has 0 radical (unpaired) electrons. The van der Waals surface area contributed by atoms with Crippen LogP contribution in [0.15, 0.2) is 34.9 Å². The molecule has 28 heavy (non-hydrogen) atoms. The van der Waals surface area contributed by atoms with Crippen LogP contribution in [0.5, 0.6) is 5.75 Å². The molecule has 9 heteroatoms. The second-order valence-corrected chi connectivity index (χ2v) is 5.78. The van der Waals surface area contributed by atoms with Crippen molar-refractivity contribution in [3.8, 4) is 5.75 Å². The highest BCUT2D eigenvalue weighted by Gasteiger charge is 2.36. The van der Waals surface area contributed by atoms with Crippen molar-refractivity contribution in [3.05, 3.63) is 64.5 Å². The maximum absolute atomic E-state index is 14.0. The Morgan fingerprint density at radius 1 is 0.964 bits per heavy atom. The monoisotopic (exact) mass is 396 g/mol. The van der Waals surface area contributed by atoms with E-state index < -0.39 is 40.7 Å². The zero-order valence-corrected chi connectivity index (χ0v) is 14.7. The van der Waals surface area contributed by atoms with Gasteiger partial charge in [0.1, 0.15) is 11.4 Å². The third-order valence-corrected chi connectivity index (χ3v) is 3.96. The van der Waals surface area contributed by atoms with E-state index in [2.05, 4.69) is 5.10 Å². The molecule has 1 amide bonds. The highest BCUT2D eigenvalue weighted by atomic mass is 19.2. The fraction of sp³-hybridized carbons (Fsp3) is 0.158. The zero-order valence-electron chi connectivity index (χ0n) is 14.7. The summed E-state index contributed by atoms with van der Waals surface area (Å²) in [6, 6.07) is 6.59. The van der Waals surface area contributed by atoms with Gasteiger partial charge in [-0.3, -0.25) is 4.79 Å². The Hall–Kier alpha value is -3.23. The second-order valence-electron chi connectivity index (χ2n) is 5.78. The molecule has 2 aromatic rings. The molecule has 0 saturated carbocycles. The van der Waals surface area contributed by atoms with Crippen LogP contribution in [-0.2, 0) is 4.79 Å². The Morgan fingerprint density at radius 3 is 2.04 bits per heavy atom. The van der Waals surface area contributed by atoms with Crippen molar-refractivity contribution < 1.29 is 31.5 Å². The number of rotatable bonds is 4. The van der Waals surface area contributed by atoms with Gasteiger partial charge in [-0.05, 0) is 37.6 Å². The highest BCUT2D eigenvalue weighted by Crippen LogP contribution is 2.34. The van der Waals surface area contributed by atoms with E-state index in [0.717, 1.165) is 0 Å². The fourth-order valence-electron chi connectivity index (χ4n) is 2.61. The van der Waals surface area contributed by atoms with E-state index in [1.807, 2.05) is 6.92 Å². The van der Waals surface area contributed by atoms with E-state index in [-0.39, 0.29) is 16.3 Å². The molecule has 1 heterocycles. The first-order chi connectivity index (χ1) is 13.3. The van der Waals surface area contributed by atoms with Crippen LogP contribution in [0.4, 0.5) is 27.6 Å². The van der Waals surface area contributed by atoms with Gasteiger partial charge < -0.3 is 4.74 Å². The Morgan fingerprint density at radius 2 is 1.50 bits per heavy atom. The van der Waals surface area contributed by atoms with Gasteiger partial charge in [0.2, 0.25) is 5.82 Å². The van der Waals surface area contributed by atoms with Crippen molar-refractivity contribution in [3.63, 3.8) is 0 Å². The van der Waals surface area contributed by atoms with Crippen molar-refractivity contribution >= 4 is 23.4 Å². The first-order valence-corrected chi connectivity index (χ1v) is 8.12. The molecule has 1 aliphatic heterocycles. The van der Waals surface area contributed by atoms with Gasteiger partial charge >= 0.3 is 0 Å². The summed E-state index contributed by atoms with van der Waals surface area (Å²) in [6.07, 6.45) is 1.39.